The van der Waals surface area contributed by atoms with E-state index in [4.69, 9.17) is 4.74 Å². The monoisotopic (exact) mass is 223 g/mol. The average Bonchev–Trinajstić information content (AvgIpc) is 2.31. The van der Waals surface area contributed by atoms with Crippen LogP contribution < -0.4 is 0 Å². The first-order valence-electron chi connectivity index (χ1n) is 5.52. The molecule has 1 N–H and O–H groups in total. The van der Waals surface area contributed by atoms with Crippen LogP contribution in [0.3, 0.4) is 0 Å². The Morgan fingerprint density at radius 3 is 2.62 bits per heavy atom. The zero-order valence-corrected chi connectivity index (χ0v) is 9.46. The summed E-state index contributed by atoms with van der Waals surface area (Å²) in [6, 6.07) is 0. The maximum absolute atomic E-state index is 9.96. The molecule has 0 aliphatic carbocycles. The summed E-state index contributed by atoms with van der Waals surface area (Å²) in [7, 11) is 0. The molecule has 1 saturated heterocycles. The van der Waals surface area contributed by atoms with Crippen LogP contribution in [-0.4, -0.2) is 52.8 Å². The van der Waals surface area contributed by atoms with E-state index in [1.165, 1.54) is 0 Å². The lowest BCUT2D eigenvalue weighted by molar-refractivity contribution is 0.0126. The highest BCUT2D eigenvalue weighted by molar-refractivity contribution is 5.03. The van der Waals surface area contributed by atoms with E-state index < -0.39 is 6.10 Å². The Kier molecular flexibility index (Phi) is 3.82. The highest BCUT2D eigenvalue weighted by Gasteiger charge is 2.17. The van der Waals surface area contributed by atoms with Crippen LogP contribution in [0.2, 0.25) is 0 Å². The fourth-order valence-electron chi connectivity index (χ4n) is 1.68. The maximum Gasteiger partial charge on any atom is 0.158 e. The summed E-state index contributed by atoms with van der Waals surface area (Å²) in [5, 5.41) is 9.96. The van der Waals surface area contributed by atoms with E-state index in [2.05, 4.69) is 14.9 Å². The van der Waals surface area contributed by atoms with Crippen molar-refractivity contribution in [3.63, 3.8) is 0 Å². The van der Waals surface area contributed by atoms with Gasteiger partial charge in [-0.05, 0) is 12.5 Å². The second-order valence-electron chi connectivity index (χ2n) is 4.05. The normalized spacial score (nSPS) is 19.6. The SMILES string of the molecule is Cc1cnc(C(O)CN2CCOCC2)nc1. The second-order valence-corrected chi connectivity index (χ2v) is 4.05. The second kappa shape index (κ2) is 5.34. The van der Waals surface area contributed by atoms with Crippen molar-refractivity contribution >= 4 is 0 Å². The van der Waals surface area contributed by atoms with Gasteiger partial charge in [0.2, 0.25) is 0 Å². The van der Waals surface area contributed by atoms with Crippen molar-refractivity contribution in [3.05, 3.63) is 23.8 Å². The van der Waals surface area contributed by atoms with Gasteiger partial charge in [0, 0.05) is 32.0 Å². The van der Waals surface area contributed by atoms with Crippen molar-refractivity contribution in [3.8, 4) is 0 Å². The van der Waals surface area contributed by atoms with Gasteiger partial charge in [-0.1, -0.05) is 0 Å². The lowest BCUT2D eigenvalue weighted by atomic mass is 10.2. The number of ether oxygens (including phenoxy) is 1. The number of aliphatic hydroxyl groups excluding tert-OH is 1. The first kappa shape index (κ1) is 11.4. The molecule has 5 heteroatoms. The van der Waals surface area contributed by atoms with Gasteiger partial charge in [-0.15, -0.1) is 0 Å². The molecule has 88 valence electrons. The summed E-state index contributed by atoms with van der Waals surface area (Å²) in [6.45, 7) is 5.71. The van der Waals surface area contributed by atoms with Crippen LogP contribution in [-0.2, 0) is 4.74 Å². The predicted molar refractivity (Wildman–Crippen MR) is 59.0 cm³/mol. The zero-order valence-electron chi connectivity index (χ0n) is 9.46. The van der Waals surface area contributed by atoms with Gasteiger partial charge in [-0.25, -0.2) is 9.97 Å². The molecule has 1 aromatic rings. The van der Waals surface area contributed by atoms with Crippen LogP contribution >= 0.6 is 0 Å². The molecule has 2 heterocycles. The van der Waals surface area contributed by atoms with Gasteiger partial charge >= 0.3 is 0 Å². The molecule has 0 radical (unpaired) electrons. The Bertz CT molecular complexity index is 323. The summed E-state index contributed by atoms with van der Waals surface area (Å²) < 4.78 is 5.25. The van der Waals surface area contributed by atoms with Gasteiger partial charge in [0.15, 0.2) is 5.82 Å². The van der Waals surface area contributed by atoms with Gasteiger partial charge in [0.1, 0.15) is 6.10 Å². The van der Waals surface area contributed by atoms with E-state index in [1.807, 2.05) is 6.92 Å². The van der Waals surface area contributed by atoms with Crippen molar-refractivity contribution in [1.82, 2.24) is 14.9 Å². The summed E-state index contributed by atoms with van der Waals surface area (Å²) in [4.78, 5) is 10.4. The van der Waals surface area contributed by atoms with Crippen molar-refractivity contribution in [2.45, 2.75) is 13.0 Å². The van der Waals surface area contributed by atoms with Crippen molar-refractivity contribution in [1.29, 1.82) is 0 Å². The average molecular weight is 223 g/mol. The van der Waals surface area contributed by atoms with Crippen LogP contribution in [0.15, 0.2) is 12.4 Å². The van der Waals surface area contributed by atoms with Gasteiger partial charge in [-0.2, -0.15) is 0 Å². The molecule has 0 spiro atoms. The van der Waals surface area contributed by atoms with Crippen molar-refractivity contribution in [2.24, 2.45) is 0 Å². The minimum atomic E-state index is -0.612. The third kappa shape index (κ3) is 2.98. The molecule has 1 aliphatic rings. The number of nitrogens with zero attached hydrogens (tertiary/aromatic N) is 3. The first-order valence-corrected chi connectivity index (χ1v) is 5.52. The number of hydrogen-bond acceptors (Lipinski definition) is 5. The van der Waals surface area contributed by atoms with Gasteiger partial charge in [0.05, 0.1) is 13.2 Å². The maximum atomic E-state index is 9.96. The number of β-amino-alcohol motifs (C(OH)–C–C–N with tert-alkyl or cyclic N) is 1. The molecule has 2 rings (SSSR count). The minimum Gasteiger partial charge on any atom is -0.384 e. The number of rotatable bonds is 3. The third-order valence-electron chi connectivity index (χ3n) is 2.63. The smallest absolute Gasteiger partial charge is 0.158 e. The summed E-state index contributed by atoms with van der Waals surface area (Å²) >= 11 is 0. The largest absolute Gasteiger partial charge is 0.384 e. The van der Waals surface area contributed by atoms with E-state index in [0.717, 1.165) is 31.9 Å². The number of aromatic nitrogens is 2. The van der Waals surface area contributed by atoms with Crippen LogP contribution in [0.25, 0.3) is 0 Å². The highest BCUT2D eigenvalue weighted by atomic mass is 16.5. The molecule has 0 bridgehead atoms. The van der Waals surface area contributed by atoms with E-state index >= 15 is 0 Å². The van der Waals surface area contributed by atoms with Gasteiger partial charge < -0.3 is 9.84 Å². The highest BCUT2D eigenvalue weighted by Crippen LogP contribution is 2.10. The van der Waals surface area contributed by atoms with E-state index in [0.29, 0.717) is 12.4 Å². The molecule has 0 amide bonds. The molecule has 1 fully saturated rings. The lowest BCUT2D eigenvalue weighted by Crippen LogP contribution is -2.39. The van der Waals surface area contributed by atoms with Gasteiger partial charge in [0.25, 0.3) is 0 Å². The zero-order chi connectivity index (χ0) is 11.4. The molecule has 5 nitrogen and oxygen atoms in total. The van der Waals surface area contributed by atoms with E-state index in [-0.39, 0.29) is 0 Å². The fourth-order valence-corrected chi connectivity index (χ4v) is 1.68. The fraction of sp³-hybridized carbons (Fsp3) is 0.636. The minimum absolute atomic E-state index is 0.497. The number of hydrogen-bond donors (Lipinski definition) is 1. The van der Waals surface area contributed by atoms with Gasteiger partial charge in [-0.3, -0.25) is 4.90 Å². The topological polar surface area (TPSA) is 58.5 Å². The number of morpholine rings is 1. The van der Waals surface area contributed by atoms with Crippen LogP contribution in [0, 0.1) is 6.92 Å². The molecular weight excluding hydrogens is 206 g/mol. The Hall–Kier alpha value is -1.04. The number of aliphatic hydroxyl groups is 1. The van der Waals surface area contributed by atoms with E-state index in [9.17, 15) is 5.11 Å². The molecule has 1 unspecified atom stereocenters. The lowest BCUT2D eigenvalue weighted by Gasteiger charge is -2.27. The van der Waals surface area contributed by atoms with Crippen molar-refractivity contribution in [2.75, 3.05) is 32.8 Å². The Balaban J connectivity index is 1.91. The van der Waals surface area contributed by atoms with Crippen LogP contribution in [0.4, 0.5) is 0 Å². The Morgan fingerprint density at radius 2 is 2.00 bits per heavy atom. The Labute approximate surface area is 95.1 Å². The number of aryl methyl sites for hydroxylation is 1. The third-order valence-corrected chi connectivity index (χ3v) is 2.63. The standard InChI is InChI=1S/C11H17N3O2/c1-9-6-12-11(13-7-9)10(15)8-14-2-4-16-5-3-14/h6-7,10,15H,2-5,8H2,1H3. The molecular formula is C11H17N3O2. The van der Waals surface area contributed by atoms with Crippen LogP contribution in [0.1, 0.15) is 17.5 Å². The molecule has 1 aromatic heterocycles. The molecule has 0 saturated carbocycles. The molecule has 1 atom stereocenters. The molecule has 1 aliphatic heterocycles. The van der Waals surface area contributed by atoms with Crippen LogP contribution in [0.5, 0.6) is 0 Å². The summed E-state index contributed by atoms with van der Waals surface area (Å²) in [5.41, 5.74) is 1.00. The summed E-state index contributed by atoms with van der Waals surface area (Å²) in [5.74, 6) is 0.497. The first-order chi connectivity index (χ1) is 7.75. The van der Waals surface area contributed by atoms with Crippen molar-refractivity contribution < 1.29 is 9.84 Å². The predicted octanol–water partition coefficient (Wildman–Crippen LogP) is 0.151. The van der Waals surface area contributed by atoms with E-state index in [1.54, 1.807) is 12.4 Å². The molecule has 16 heavy (non-hydrogen) atoms. The quantitative estimate of drug-likeness (QED) is 0.790. The molecule has 0 aromatic carbocycles. The Morgan fingerprint density at radius 1 is 1.38 bits per heavy atom. The summed E-state index contributed by atoms with van der Waals surface area (Å²) in [6.07, 6.45) is 2.84.